The SMILES string of the molecule is c1ccc(-c2c(-c3ccc(N(c4ccc(-c5ccc6ccccc6c5)cc4)c4ccc(S(c5ccccc5)(c5ccccc5)c5ccccc5)cc4)cc3)oc3c4ccccc4c4ccccc4c23)cc1. The molecule has 0 saturated heterocycles. The van der Waals surface area contributed by atoms with Crippen molar-refractivity contribution in [3.8, 4) is 33.6 Å². The van der Waals surface area contributed by atoms with Crippen LogP contribution in [0.5, 0.6) is 0 Å². The first kappa shape index (κ1) is 42.2. The average Bonchev–Trinajstić information content (AvgIpc) is 3.87. The fourth-order valence-electron chi connectivity index (χ4n) is 10.7. The van der Waals surface area contributed by atoms with Gasteiger partial charge in [-0.25, -0.2) is 0 Å². The Kier molecular flexibility index (Phi) is 10.6. The first-order valence-electron chi connectivity index (χ1n) is 24.2. The molecule has 1 heterocycles. The lowest BCUT2D eigenvalue weighted by Gasteiger charge is -2.42. The predicted molar refractivity (Wildman–Crippen MR) is 300 cm³/mol. The van der Waals surface area contributed by atoms with E-state index in [-0.39, 0.29) is 0 Å². The third-order valence-electron chi connectivity index (χ3n) is 14.0. The van der Waals surface area contributed by atoms with Gasteiger partial charge in [-0.2, -0.15) is 0 Å². The fourth-order valence-corrected chi connectivity index (χ4v) is 14.6. The zero-order chi connectivity index (χ0) is 47.1. The number of benzene rings is 12. The summed E-state index contributed by atoms with van der Waals surface area (Å²) in [5.41, 5.74) is 9.69. The van der Waals surface area contributed by atoms with E-state index in [4.69, 9.17) is 4.42 Å². The number of nitrogens with zero attached hydrogens (tertiary/aromatic N) is 1. The van der Waals surface area contributed by atoms with Gasteiger partial charge in [-0.1, -0.05) is 182 Å². The zero-order valence-electron chi connectivity index (χ0n) is 38.9. The van der Waals surface area contributed by atoms with Crippen LogP contribution in [-0.4, -0.2) is 0 Å². The second-order valence-electron chi connectivity index (χ2n) is 18.0. The molecule has 0 aliphatic rings. The van der Waals surface area contributed by atoms with Crippen LogP contribution in [0.1, 0.15) is 0 Å². The van der Waals surface area contributed by atoms with Gasteiger partial charge in [-0.3, -0.25) is 0 Å². The molecule has 13 rings (SSSR count). The molecule has 0 unspecified atom stereocenters. The van der Waals surface area contributed by atoms with Crippen molar-refractivity contribution >= 4 is 70.4 Å². The molecule has 1 aromatic heterocycles. The van der Waals surface area contributed by atoms with Crippen molar-refractivity contribution in [2.75, 3.05) is 4.90 Å². The molecule has 13 aromatic rings. The predicted octanol–water partition coefficient (Wildman–Crippen LogP) is 19.7. The van der Waals surface area contributed by atoms with Crippen LogP contribution in [0.25, 0.3) is 76.9 Å². The molecule has 336 valence electrons. The molecule has 2 nitrogen and oxygen atoms in total. The smallest absolute Gasteiger partial charge is 0.143 e. The van der Waals surface area contributed by atoms with Crippen LogP contribution in [0, 0.1) is 0 Å². The van der Waals surface area contributed by atoms with E-state index < -0.39 is 10.0 Å². The Morgan fingerprint density at radius 2 is 0.690 bits per heavy atom. The summed E-state index contributed by atoms with van der Waals surface area (Å²) in [6.07, 6.45) is 0. The molecule has 0 bridgehead atoms. The van der Waals surface area contributed by atoms with Crippen molar-refractivity contribution in [3.05, 3.63) is 285 Å². The molecular formula is C68H47NOS. The summed E-state index contributed by atoms with van der Waals surface area (Å²) in [6, 6.07) is 104. The summed E-state index contributed by atoms with van der Waals surface area (Å²) >= 11 is 0. The van der Waals surface area contributed by atoms with Crippen molar-refractivity contribution in [1.82, 2.24) is 0 Å². The van der Waals surface area contributed by atoms with Gasteiger partial charge in [0.25, 0.3) is 0 Å². The Labute approximate surface area is 415 Å². The van der Waals surface area contributed by atoms with Crippen LogP contribution in [0.3, 0.4) is 0 Å². The highest BCUT2D eigenvalue weighted by Crippen LogP contribution is 2.73. The van der Waals surface area contributed by atoms with Gasteiger partial charge in [-0.15, -0.1) is 10.0 Å². The quantitative estimate of drug-likeness (QED) is 0.127. The van der Waals surface area contributed by atoms with Gasteiger partial charge in [0.1, 0.15) is 11.3 Å². The number of rotatable bonds is 10. The van der Waals surface area contributed by atoms with Crippen molar-refractivity contribution in [1.29, 1.82) is 0 Å². The highest BCUT2D eigenvalue weighted by atomic mass is 32.3. The molecule has 0 aliphatic carbocycles. The minimum absolute atomic E-state index is 0.858. The number of hydrogen-bond donors (Lipinski definition) is 0. The summed E-state index contributed by atoms with van der Waals surface area (Å²) in [6.45, 7) is 0. The Bertz CT molecular complexity index is 3900. The molecule has 3 heteroatoms. The standard InChI is InChI=1S/C68H47NOS/c1-5-20-50(21-6-1)65-66-63-31-17-15-29-61(63)62-30-16-18-32-64(62)68(66)70-67(65)51-37-41-55(42-38-51)69(54-39-35-49(36-40-54)53-34-33-48-19-13-14-22-52(48)47-53)56-43-45-60(46-44-56)71(57-23-7-2-8-24-57,58-25-9-3-10-26-58)59-27-11-4-12-28-59/h1-47H. The molecule has 0 radical (unpaired) electrons. The summed E-state index contributed by atoms with van der Waals surface area (Å²) in [5, 5.41) is 8.32. The number of hydrogen-bond acceptors (Lipinski definition) is 2. The van der Waals surface area contributed by atoms with Gasteiger partial charge in [0.15, 0.2) is 0 Å². The van der Waals surface area contributed by atoms with Gasteiger partial charge in [0.05, 0.1) is 0 Å². The van der Waals surface area contributed by atoms with E-state index in [9.17, 15) is 0 Å². The first-order valence-corrected chi connectivity index (χ1v) is 25.9. The van der Waals surface area contributed by atoms with Gasteiger partial charge >= 0.3 is 0 Å². The van der Waals surface area contributed by atoms with Crippen molar-refractivity contribution in [2.24, 2.45) is 0 Å². The third kappa shape index (κ3) is 7.29. The highest BCUT2D eigenvalue weighted by molar-refractivity contribution is 8.34. The minimum atomic E-state index is -1.87. The van der Waals surface area contributed by atoms with Crippen LogP contribution in [0.15, 0.2) is 309 Å². The topological polar surface area (TPSA) is 16.4 Å². The number of fused-ring (bicyclic) bond motifs is 7. The molecule has 0 spiro atoms. The van der Waals surface area contributed by atoms with E-state index in [1.807, 2.05) is 0 Å². The largest absolute Gasteiger partial charge is 0.455 e. The average molecular weight is 926 g/mol. The molecule has 12 aromatic carbocycles. The lowest BCUT2D eigenvalue weighted by Crippen LogP contribution is -2.10. The molecule has 0 amide bonds. The highest BCUT2D eigenvalue weighted by Gasteiger charge is 2.33. The van der Waals surface area contributed by atoms with Crippen LogP contribution < -0.4 is 4.90 Å². The zero-order valence-corrected chi connectivity index (χ0v) is 39.7. The maximum absolute atomic E-state index is 7.16. The summed E-state index contributed by atoms with van der Waals surface area (Å²) in [5.74, 6) is 0.858. The van der Waals surface area contributed by atoms with Crippen molar-refractivity contribution in [3.63, 3.8) is 0 Å². The van der Waals surface area contributed by atoms with Gasteiger partial charge in [0.2, 0.25) is 0 Å². The van der Waals surface area contributed by atoms with Gasteiger partial charge in [-0.05, 0) is 147 Å². The maximum Gasteiger partial charge on any atom is 0.143 e. The van der Waals surface area contributed by atoms with E-state index in [1.165, 1.54) is 57.6 Å². The lowest BCUT2D eigenvalue weighted by atomic mass is 9.92. The Hall–Kier alpha value is -8.89. The first-order chi connectivity index (χ1) is 35.2. The number of anilines is 3. The van der Waals surface area contributed by atoms with Crippen molar-refractivity contribution in [2.45, 2.75) is 19.6 Å². The maximum atomic E-state index is 7.16. The van der Waals surface area contributed by atoms with Crippen molar-refractivity contribution < 1.29 is 4.42 Å². The summed E-state index contributed by atoms with van der Waals surface area (Å²) in [4.78, 5) is 7.53. The van der Waals surface area contributed by atoms with E-state index >= 15 is 0 Å². The van der Waals surface area contributed by atoms with Crippen LogP contribution in [0.4, 0.5) is 17.1 Å². The van der Waals surface area contributed by atoms with E-state index in [0.717, 1.165) is 55.9 Å². The molecular weight excluding hydrogens is 879 g/mol. The Balaban J connectivity index is 0.971. The minimum Gasteiger partial charge on any atom is -0.455 e. The Morgan fingerprint density at radius 1 is 0.282 bits per heavy atom. The fraction of sp³-hybridized carbons (Fsp3) is 0. The molecule has 71 heavy (non-hydrogen) atoms. The Morgan fingerprint density at radius 3 is 1.25 bits per heavy atom. The molecule has 0 fully saturated rings. The lowest BCUT2D eigenvalue weighted by molar-refractivity contribution is 0.636. The van der Waals surface area contributed by atoms with E-state index in [0.29, 0.717) is 0 Å². The summed E-state index contributed by atoms with van der Waals surface area (Å²) < 4.78 is 7.16. The monoisotopic (exact) mass is 925 g/mol. The second kappa shape index (κ2) is 17.9. The molecule has 0 aliphatic heterocycles. The van der Waals surface area contributed by atoms with Crippen LogP contribution in [0.2, 0.25) is 0 Å². The van der Waals surface area contributed by atoms with Crippen LogP contribution in [-0.2, 0) is 0 Å². The van der Waals surface area contributed by atoms with Gasteiger partial charge < -0.3 is 9.32 Å². The normalized spacial score (nSPS) is 11.9. The number of furan rings is 1. The van der Waals surface area contributed by atoms with Crippen LogP contribution >= 0.6 is 10.0 Å². The third-order valence-corrected chi connectivity index (χ3v) is 17.9. The van der Waals surface area contributed by atoms with Gasteiger partial charge in [0, 0.05) is 58.5 Å². The second-order valence-corrected chi connectivity index (χ2v) is 21.1. The van der Waals surface area contributed by atoms with E-state index in [2.05, 4.69) is 290 Å². The molecule has 0 atom stereocenters. The molecule has 0 N–H and O–H groups in total. The van der Waals surface area contributed by atoms with E-state index in [1.54, 1.807) is 0 Å². The summed E-state index contributed by atoms with van der Waals surface area (Å²) in [7, 11) is -1.87. The molecule has 0 saturated carbocycles.